The molecule has 0 radical (unpaired) electrons. The molecule has 0 aliphatic heterocycles. The lowest BCUT2D eigenvalue weighted by Gasteiger charge is -2.18. The summed E-state index contributed by atoms with van der Waals surface area (Å²) >= 11 is 0. The van der Waals surface area contributed by atoms with Crippen LogP contribution in [-0.4, -0.2) is 37.2 Å². The third-order valence-electron chi connectivity index (χ3n) is 15.5. The van der Waals surface area contributed by atoms with E-state index in [1.807, 2.05) is 0 Å². The van der Waals surface area contributed by atoms with Gasteiger partial charge in [0.1, 0.15) is 13.2 Å². The van der Waals surface area contributed by atoms with Gasteiger partial charge in [0.15, 0.2) is 6.10 Å². The molecule has 0 aliphatic carbocycles. The number of carbonyl (C=O) groups excluding carboxylic acids is 3. The average molecular weight is 1110 g/mol. The van der Waals surface area contributed by atoms with E-state index in [0.717, 1.165) is 122 Å². The van der Waals surface area contributed by atoms with Gasteiger partial charge in [-0.2, -0.15) is 0 Å². The third-order valence-corrected chi connectivity index (χ3v) is 15.5. The number of hydrogen-bond acceptors (Lipinski definition) is 6. The summed E-state index contributed by atoms with van der Waals surface area (Å²) in [6.45, 7) is 6.54. The van der Waals surface area contributed by atoms with Crippen LogP contribution in [0.1, 0.15) is 367 Å². The van der Waals surface area contributed by atoms with E-state index in [9.17, 15) is 14.4 Å². The Morgan fingerprint density at radius 3 is 0.785 bits per heavy atom. The van der Waals surface area contributed by atoms with Crippen molar-refractivity contribution in [2.75, 3.05) is 13.2 Å². The monoisotopic (exact) mass is 1110 g/mol. The summed E-state index contributed by atoms with van der Waals surface area (Å²) in [5, 5.41) is 0. The highest BCUT2D eigenvalue weighted by molar-refractivity contribution is 5.71. The first-order chi connectivity index (χ1) is 39.0. The van der Waals surface area contributed by atoms with E-state index in [2.05, 4.69) is 81.5 Å². The van der Waals surface area contributed by atoms with Crippen molar-refractivity contribution in [1.29, 1.82) is 0 Å². The van der Waals surface area contributed by atoms with Crippen LogP contribution in [-0.2, 0) is 28.6 Å². The summed E-state index contributed by atoms with van der Waals surface area (Å²) in [5.74, 6) is -0.894. The molecule has 0 amide bonds. The van der Waals surface area contributed by atoms with Gasteiger partial charge in [0.05, 0.1) is 0 Å². The molecular formula is C73H132O6. The van der Waals surface area contributed by atoms with E-state index in [-0.39, 0.29) is 31.1 Å². The number of esters is 3. The fraction of sp³-hybridized carbons (Fsp3) is 0.822. The number of rotatable bonds is 64. The van der Waals surface area contributed by atoms with Crippen molar-refractivity contribution in [3.05, 3.63) is 60.8 Å². The normalized spacial score (nSPS) is 12.4. The molecule has 0 aromatic rings. The van der Waals surface area contributed by atoms with Crippen LogP contribution in [0.5, 0.6) is 0 Å². The zero-order valence-corrected chi connectivity index (χ0v) is 52.9. The Hall–Kier alpha value is -2.89. The van der Waals surface area contributed by atoms with Gasteiger partial charge in [0.25, 0.3) is 0 Å². The maximum Gasteiger partial charge on any atom is 0.306 e. The Kier molecular flexibility index (Phi) is 65.1. The Balaban J connectivity index is 4.19. The van der Waals surface area contributed by atoms with Gasteiger partial charge in [-0.05, 0) is 83.5 Å². The van der Waals surface area contributed by atoms with Gasteiger partial charge in [-0.15, -0.1) is 0 Å². The molecule has 6 heteroatoms. The van der Waals surface area contributed by atoms with Crippen LogP contribution in [0.4, 0.5) is 0 Å². The zero-order chi connectivity index (χ0) is 57.1. The molecule has 0 rings (SSSR count). The van der Waals surface area contributed by atoms with Gasteiger partial charge in [-0.3, -0.25) is 14.4 Å². The predicted octanol–water partition coefficient (Wildman–Crippen LogP) is 23.9. The van der Waals surface area contributed by atoms with Crippen molar-refractivity contribution in [2.24, 2.45) is 0 Å². The van der Waals surface area contributed by atoms with Crippen LogP contribution < -0.4 is 0 Å². The summed E-state index contributed by atoms with van der Waals surface area (Å²) in [7, 11) is 0. The van der Waals surface area contributed by atoms with E-state index in [1.165, 1.54) is 205 Å². The van der Waals surface area contributed by atoms with E-state index in [4.69, 9.17) is 14.2 Å². The highest BCUT2D eigenvalue weighted by Crippen LogP contribution is 2.18. The average Bonchev–Trinajstić information content (AvgIpc) is 3.45. The second kappa shape index (κ2) is 67.6. The lowest BCUT2D eigenvalue weighted by Crippen LogP contribution is -2.30. The second-order valence-corrected chi connectivity index (χ2v) is 23.4. The molecule has 6 nitrogen and oxygen atoms in total. The molecule has 0 aliphatic rings. The number of ether oxygens (including phenoxy) is 3. The number of hydrogen-bond donors (Lipinski definition) is 0. The van der Waals surface area contributed by atoms with Crippen LogP contribution in [0.25, 0.3) is 0 Å². The molecule has 460 valence electrons. The highest BCUT2D eigenvalue weighted by Gasteiger charge is 2.19. The minimum Gasteiger partial charge on any atom is -0.462 e. The van der Waals surface area contributed by atoms with Crippen molar-refractivity contribution >= 4 is 17.9 Å². The number of allylic oxidation sites excluding steroid dienone is 10. The van der Waals surface area contributed by atoms with Crippen LogP contribution in [0, 0.1) is 0 Å². The number of unbranched alkanes of at least 4 members (excludes halogenated alkanes) is 43. The lowest BCUT2D eigenvalue weighted by molar-refractivity contribution is -0.167. The topological polar surface area (TPSA) is 78.9 Å². The van der Waals surface area contributed by atoms with E-state index in [1.54, 1.807) is 0 Å². The summed E-state index contributed by atoms with van der Waals surface area (Å²) in [6.07, 6.45) is 86.9. The molecule has 0 N–H and O–H groups in total. The quantitative estimate of drug-likeness (QED) is 0.0261. The SMILES string of the molecule is CC/C=C\C/C=C\C/C=C\CCCCCCCC(=O)OCC(COC(=O)CCCCCCCCCCCCCCCCCCCCCCCCCCCCCCCC)OC(=O)CCCCCCC/C=C\C/C=C\CCCCCC. The van der Waals surface area contributed by atoms with Crippen molar-refractivity contribution in [3.8, 4) is 0 Å². The van der Waals surface area contributed by atoms with Crippen LogP contribution in [0.2, 0.25) is 0 Å². The fourth-order valence-corrected chi connectivity index (χ4v) is 10.3. The lowest BCUT2D eigenvalue weighted by atomic mass is 10.0. The van der Waals surface area contributed by atoms with Gasteiger partial charge in [-0.25, -0.2) is 0 Å². The first-order valence-corrected chi connectivity index (χ1v) is 34.8. The fourth-order valence-electron chi connectivity index (χ4n) is 10.3. The van der Waals surface area contributed by atoms with Crippen LogP contribution >= 0.6 is 0 Å². The third kappa shape index (κ3) is 65.8. The smallest absolute Gasteiger partial charge is 0.306 e. The molecule has 0 saturated heterocycles. The van der Waals surface area contributed by atoms with Gasteiger partial charge < -0.3 is 14.2 Å². The maximum absolute atomic E-state index is 12.9. The first kappa shape index (κ1) is 76.1. The summed E-state index contributed by atoms with van der Waals surface area (Å²) in [5.41, 5.74) is 0. The Bertz CT molecular complexity index is 1410. The van der Waals surface area contributed by atoms with E-state index >= 15 is 0 Å². The van der Waals surface area contributed by atoms with Crippen molar-refractivity contribution < 1.29 is 28.6 Å². The molecule has 79 heavy (non-hydrogen) atoms. The summed E-state index contributed by atoms with van der Waals surface area (Å²) < 4.78 is 16.9. The van der Waals surface area contributed by atoms with Gasteiger partial charge in [0.2, 0.25) is 0 Å². The number of carbonyl (C=O) groups is 3. The van der Waals surface area contributed by atoms with Gasteiger partial charge in [-0.1, -0.05) is 326 Å². The maximum atomic E-state index is 12.9. The second-order valence-electron chi connectivity index (χ2n) is 23.4. The molecule has 0 bridgehead atoms. The molecule has 0 spiro atoms. The highest BCUT2D eigenvalue weighted by atomic mass is 16.6. The van der Waals surface area contributed by atoms with Gasteiger partial charge >= 0.3 is 17.9 Å². The Morgan fingerprint density at radius 1 is 0.266 bits per heavy atom. The van der Waals surface area contributed by atoms with Gasteiger partial charge in [0, 0.05) is 19.3 Å². The molecule has 0 fully saturated rings. The predicted molar refractivity (Wildman–Crippen MR) is 344 cm³/mol. The minimum absolute atomic E-state index is 0.0826. The Labute approximate surface area is 491 Å². The minimum atomic E-state index is -0.789. The zero-order valence-electron chi connectivity index (χ0n) is 52.9. The molecule has 1 atom stereocenters. The molecule has 0 aromatic carbocycles. The van der Waals surface area contributed by atoms with Crippen molar-refractivity contribution in [3.63, 3.8) is 0 Å². The van der Waals surface area contributed by atoms with E-state index < -0.39 is 6.10 Å². The molecular weight excluding hydrogens is 973 g/mol. The largest absolute Gasteiger partial charge is 0.462 e. The van der Waals surface area contributed by atoms with Crippen molar-refractivity contribution in [1.82, 2.24) is 0 Å². The van der Waals surface area contributed by atoms with Crippen LogP contribution in [0.3, 0.4) is 0 Å². The Morgan fingerprint density at radius 2 is 0.494 bits per heavy atom. The standard InChI is InChI=1S/C73H132O6/c1-4-7-10-13-16-19-22-25-28-30-31-32-33-34-35-36-37-38-39-40-41-42-43-46-48-51-54-57-60-63-66-72(75)78-69-70(68-77-71(74)65-62-59-56-53-50-47-44-27-24-21-18-15-12-9-6-3)79-73(76)67-64-61-58-55-52-49-45-29-26-23-20-17-14-11-8-5-2/h9,12,18,20-21,23,27,29,44-45,70H,4-8,10-11,13-17,19,22,24-26,28,30-43,46-69H2,1-3H3/b12-9-,21-18-,23-20-,44-27-,45-29-. The molecule has 1 unspecified atom stereocenters. The molecule has 0 saturated carbocycles. The van der Waals surface area contributed by atoms with E-state index in [0.29, 0.717) is 19.3 Å². The first-order valence-electron chi connectivity index (χ1n) is 34.8. The summed E-state index contributed by atoms with van der Waals surface area (Å²) in [6, 6.07) is 0. The molecule has 0 heterocycles. The van der Waals surface area contributed by atoms with Crippen molar-refractivity contribution in [2.45, 2.75) is 374 Å². The molecule has 0 aromatic heterocycles. The summed E-state index contributed by atoms with van der Waals surface area (Å²) in [4.78, 5) is 38.4. The van der Waals surface area contributed by atoms with Crippen LogP contribution in [0.15, 0.2) is 60.8 Å².